The number of hydrogen-bond donors (Lipinski definition) is 5. The lowest BCUT2D eigenvalue weighted by Gasteiger charge is -2.50. The molecule has 0 aromatic rings. The number of carboxylic acids is 1. The second-order valence-electron chi connectivity index (χ2n) is 8.73. The second kappa shape index (κ2) is 8.83. The van der Waals surface area contributed by atoms with Crippen LogP contribution in [0.25, 0.3) is 0 Å². The van der Waals surface area contributed by atoms with Crippen molar-refractivity contribution in [2.75, 3.05) is 6.61 Å². The molecule has 0 unspecified atom stereocenters. The Morgan fingerprint density at radius 3 is 2.52 bits per heavy atom. The Bertz CT molecular complexity index is 647. The predicted molar refractivity (Wildman–Crippen MR) is 103 cm³/mol. The zero-order chi connectivity index (χ0) is 21.5. The minimum atomic E-state index is -1.48. The van der Waals surface area contributed by atoms with Crippen molar-refractivity contribution in [1.29, 1.82) is 0 Å². The first-order valence-electron chi connectivity index (χ1n) is 10.2. The van der Waals surface area contributed by atoms with Crippen LogP contribution < -0.4 is 0 Å². The maximum atomic E-state index is 11.4. The highest BCUT2D eigenvalue weighted by Gasteiger charge is 2.49. The van der Waals surface area contributed by atoms with E-state index in [1.807, 2.05) is 0 Å². The number of allylic oxidation sites excluding steroid dienone is 1. The van der Waals surface area contributed by atoms with Crippen LogP contribution in [0.1, 0.15) is 32.6 Å². The van der Waals surface area contributed by atoms with Crippen LogP contribution >= 0.6 is 0 Å². The summed E-state index contributed by atoms with van der Waals surface area (Å²) in [6.07, 6.45) is -4.09. The Labute approximate surface area is 170 Å². The van der Waals surface area contributed by atoms with E-state index in [2.05, 4.69) is 20.1 Å². The van der Waals surface area contributed by atoms with E-state index in [4.69, 9.17) is 9.47 Å². The van der Waals surface area contributed by atoms with Crippen LogP contribution in [-0.4, -0.2) is 74.9 Å². The van der Waals surface area contributed by atoms with Crippen LogP contribution in [0.2, 0.25) is 0 Å². The minimum Gasteiger partial charge on any atom is -0.478 e. The molecule has 1 saturated heterocycles. The molecule has 3 aliphatic rings. The number of carbonyl (C=O) groups is 1. The summed E-state index contributed by atoms with van der Waals surface area (Å²) in [7, 11) is 0. The molecule has 29 heavy (non-hydrogen) atoms. The number of fused-ring (bicyclic) bond motifs is 1. The van der Waals surface area contributed by atoms with Gasteiger partial charge in [-0.25, -0.2) is 4.79 Å². The highest BCUT2D eigenvalue weighted by atomic mass is 16.7. The molecular weight excluding hydrogens is 380 g/mol. The molecule has 0 radical (unpaired) electrons. The lowest BCUT2D eigenvalue weighted by molar-refractivity contribution is -0.319. The average Bonchev–Trinajstić information content (AvgIpc) is 2.69. The number of carboxylic acid groups (broad SMARTS) is 1. The molecule has 8 heteroatoms. The monoisotopic (exact) mass is 412 g/mol. The fourth-order valence-electron chi connectivity index (χ4n) is 5.30. The van der Waals surface area contributed by atoms with E-state index in [0.717, 1.165) is 5.57 Å². The van der Waals surface area contributed by atoms with Crippen molar-refractivity contribution >= 4 is 5.97 Å². The maximum absolute atomic E-state index is 11.4. The Morgan fingerprint density at radius 1 is 1.21 bits per heavy atom. The summed E-state index contributed by atoms with van der Waals surface area (Å²) < 4.78 is 11.6. The number of aliphatic carboxylic acids is 1. The first-order valence-corrected chi connectivity index (χ1v) is 10.2. The molecule has 2 saturated carbocycles. The summed E-state index contributed by atoms with van der Waals surface area (Å²) in [5, 5.41) is 49.0. The third-order valence-corrected chi connectivity index (χ3v) is 6.94. The molecule has 1 heterocycles. The van der Waals surface area contributed by atoms with Gasteiger partial charge in [-0.05, 0) is 49.4 Å². The van der Waals surface area contributed by atoms with Gasteiger partial charge in [0.1, 0.15) is 24.4 Å². The zero-order valence-corrected chi connectivity index (χ0v) is 16.7. The predicted octanol–water partition coefficient (Wildman–Crippen LogP) is 0.441. The van der Waals surface area contributed by atoms with Gasteiger partial charge in [0.25, 0.3) is 0 Å². The Balaban J connectivity index is 1.75. The molecule has 8 nitrogen and oxygen atoms in total. The molecule has 3 rings (SSSR count). The van der Waals surface area contributed by atoms with Crippen molar-refractivity contribution in [2.45, 2.75) is 69.4 Å². The van der Waals surface area contributed by atoms with Crippen LogP contribution in [-0.2, 0) is 14.3 Å². The molecule has 0 spiro atoms. The molecule has 2 aliphatic carbocycles. The highest BCUT2D eigenvalue weighted by molar-refractivity contribution is 5.86. The number of ether oxygens (including phenoxy) is 2. The molecular formula is C21H32O8. The van der Waals surface area contributed by atoms with Crippen LogP contribution in [0.15, 0.2) is 24.3 Å². The van der Waals surface area contributed by atoms with Crippen molar-refractivity contribution in [2.24, 2.45) is 23.7 Å². The van der Waals surface area contributed by atoms with E-state index in [9.17, 15) is 30.3 Å². The Kier molecular flexibility index (Phi) is 6.82. The lowest BCUT2D eigenvalue weighted by Crippen LogP contribution is -2.60. The Morgan fingerprint density at radius 2 is 1.90 bits per heavy atom. The Hall–Kier alpha value is -1.29. The second-order valence-corrected chi connectivity index (χ2v) is 8.73. The van der Waals surface area contributed by atoms with Gasteiger partial charge in [0.05, 0.1) is 12.7 Å². The standard InChI is InChI=1S/C21H32O8/c1-9-4-5-14(28-21-19(25)18(24)17(23)15(8-22)29-21)16-10(2)6-12(7-13(9)16)11(3)20(26)27/h10,12-19,21-25H,1,3-8H2,2H3,(H,26,27)/t10-,12-,13+,14-,15+,16-,17+,18-,19+,21-/m0/s1. The van der Waals surface area contributed by atoms with Crippen LogP contribution in [0.3, 0.4) is 0 Å². The van der Waals surface area contributed by atoms with Crippen LogP contribution in [0, 0.1) is 23.7 Å². The molecule has 0 bridgehead atoms. The molecule has 0 amide bonds. The van der Waals surface area contributed by atoms with Gasteiger partial charge in [0.2, 0.25) is 0 Å². The SMILES string of the molecule is C=C(C(=O)O)[C@@H]1C[C@@H]2C(=C)CC[C@H](O[C@H]3O[C@H](CO)[C@@H](O)[C@H](O)[C@H]3O)[C@H]2[C@@H](C)C1. The first-order chi connectivity index (χ1) is 13.6. The summed E-state index contributed by atoms with van der Waals surface area (Å²) >= 11 is 0. The third kappa shape index (κ3) is 4.28. The minimum absolute atomic E-state index is 0.0708. The van der Waals surface area contributed by atoms with Gasteiger partial charge in [-0.1, -0.05) is 25.7 Å². The molecule has 5 N–H and O–H groups in total. The zero-order valence-electron chi connectivity index (χ0n) is 16.7. The van der Waals surface area contributed by atoms with Crippen LogP contribution in [0.5, 0.6) is 0 Å². The van der Waals surface area contributed by atoms with Gasteiger partial charge < -0.3 is 35.0 Å². The lowest BCUT2D eigenvalue weighted by atomic mass is 9.59. The summed E-state index contributed by atoms with van der Waals surface area (Å²) in [6.45, 7) is 9.49. The maximum Gasteiger partial charge on any atom is 0.331 e. The summed E-state index contributed by atoms with van der Waals surface area (Å²) in [5.41, 5.74) is 1.29. The molecule has 10 atom stereocenters. The van der Waals surface area contributed by atoms with Crippen molar-refractivity contribution < 1.29 is 39.8 Å². The van der Waals surface area contributed by atoms with Crippen molar-refractivity contribution in [1.82, 2.24) is 0 Å². The fraction of sp³-hybridized carbons (Fsp3) is 0.762. The molecule has 0 aromatic carbocycles. The molecule has 3 fully saturated rings. The fourth-order valence-corrected chi connectivity index (χ4v) is 5.30. The van der Waals surface area contributed by atoms with Crippen LogP contribution in [0.4, 0.5) is 0 Å². The first kappa shape index (κ1) is 22.4. The topological polar surface area (TPSA) is 137 Å². The van der Waals surface area contributed by atoms with E-state index in [1.54, 1.807) is 0 Å². The largest absolute Gasteiger partial charge is 0.478 e. The number of hydrogen-bond acceptors (Lipinski definition) is 7. The van der Waals surface area contributed by atoms with Gasteiger partial charge in [-0.2, -0.15) is 0 Å². The summed E-state index contributed by atoms with van der Waals surface area (Å²) in [5.74, 6) is -0.811. The molecule has 0 aromatic heterocycles. The van der Waals surface area contributed by atoms with E-state index < -0.39 is 43.3 Å². The van der Waals surface area contributed by atoms with Crippen molar-refractivity contribution in [3.8, 4) is 0 Å². The molecule has 1 aliphatic heterocycles. The smallest absolute Gasteiger partial charge is 0.331 e. The summed E-state index contributed by atoms with van der Waals surface area (Å²) in [6, 6.07) is 0. The quantitative estimate of drug-likeness (QED) is 0.324. The number of rotatable bonds is 5. The normalized spacial score (nSPS) is 45.5. The van der Waals surface area contributed by atoms with E-state index in [1.165, 1.54) is 0 Å². The van der Waals surface area contributed by atoms with E-state index in [-0.39, 0.29) is 35.3 Å². The summed E-state index contributed by atoms with van der Waals surface area (Å²) in [4.78, 5) is 11.4. The molecule has 164 valence electrons. The van der Waals surface area contributed by atoms with E-state index in [0.29, 0.717) is 25.7 Å². The van der Waals surface area contributed by atoms with Gasteiger partial charge in [0.15, 0.2) is 6.29 Å². The number of aliphatic hydroxyl groups is 4. The van der Waals surface area contributed by atoms with Gasteiger partial charge >= 0.3 is 5.97 Å². The average molecular weight is 412 g/mol. The highest BCUT2D eigenvalue weighted by Crippen LogP contribution is 2.50. The third-order valence-electron chi connectivity index (χ3n) is 6.94. The van der Waals surface area contributed by atoms with E-state index >= 15 is 0 Å². The van der Waals surface area contributed by atoms with Crippen molar-refractivity contribution in [3.05, 3.63) is 24.3 Å². The van der Waals surface area contributed by atoms with Crippen molar-refractivity contribution in [3.63, 3.8) is 0 Å². The number of aliphatic hydroxyl groups excluding tert-OH is 4. The van der Waals surface area contributed by atoms with Gasteiger partial charge in [-0.15, -0.1) is 0 Å². The van der Waals surface area contributed by atoms with Gasteiger partial charge in [-0.3, -0.25) is 0 Å². The van der Waals surface area contributed by atoms with Gasteiger partial charge in [0, 0.05) is 5.57 Å².